The minimum absolute atomic E-state index is 0.211. The van der Waals surface area contributed by atoms with Crippen molar-refractivity contribution in [2.75, 3.05) is 26.4 Å². The Labute approximate surface area is 131 Å². The first kappa shape index (κ1) is 17.2. The van der Waals surface area contributed by atoms with E-state index in [1.807, 2.05) is 0 Å². The fourth-order valence-corrected chi connectivity index (χ4v) is 3.43. The van der Waals surface area contributed by atoms with Crippen molar-refractivity contribution in [1.29, 1.82) is 0 Å². The van der Waals surface area contributed by atoms with Gasteiger partial charge in [0.25, 0.3) is 0 Å². The average Bonchev–Trinajstić information content (AvgIpc) is 2.94. The highest BCUT2D eigenvalue weighted by atomic mass is 16.7. The molecule has 6 heteroatoms. The Morgan fingerprint density at radius 3 is 2.18 bits per heavy atom. The Hall–Kier alpha value is -1.14. The van der Waals surface area contributed by atoms with Crippen LogP contribution in [0, 0.1) is 11.3 Å². The van der Waals surface area contributed by atoms with E-state index in [4.69, 9.17) is 18.9 Å². The van der Waals surface area contributed by atoms with Gasteiger partial charge in [-0.05, 0) is 39.5 Å². The van der Waals surface area contributed by atoms with Crippen molar-refractivity contribution >= 4 is 11.9 Å². The van der Waals surface area contributed by atoms with Gasteiger partial charge in [-0.15, -0.1) is 0 Å². The van der Waals surface area contributed by atoms with E-state index in [-0.39, 0.29) is 19.1 Å². The topological polar surface area (TPSA) is 71.1 Å². The molecule has 1 saturated carbocycles. The van der Waals surface area contributed by atoms with Crippen molar-refractivity contribution in [2.45, 2.75) is 52.2 Å². The molecule has 0 aromatic rings. The molecule has 6 nitrogen and oxygen atoms in total. The van der Waals surface area contributed by atoms with Gasteiger partial charge >= 0.3 is 11.9 Å². The van der Waals surface area contributed by atoms with Gasteiger partial charge in [-0.1, -0.05) is 0 Å². The van der Waals surface area contributed by atoms with Gasteiger partial charge in [0, 0.05) is 12.8 Å². The van der Waals surface area contributed by atoms with Crippen LogP contribution >= 0.6 is 0 Å². The lowest BCUT2D eigenvalue weighted by atomic mass is 9.68. The highest BCUT2D eigenvalue weighted by Gasteiger charge is 2.55. The first-order valence-corrected chi connectivity index (χ1v) is 8.11. The van der Waals surface area contributed by atoms with Crippen molar-refractivity contribution in [3.8, 4) is 0 Å². The summed E-state index contributed by atoms with van der Waals surface area (Å²) >= 11 is 0. The van der Waals surface area contributed by atoms with Crippen LogP contribution in [-0.2, 0) is 28.5 Å². The maximum Gasteiger partial charge on any atom is 0.323 e. The molecule has 1 aliphatic carbocycles. The number of hydrogen-bond donors (Lipinski definition) is 0. The Bertz CT molecular complexity index is 395. The van der Waals surface area contributed by atoms with E-state index in [1.165, 1.54) is 0 Å². The lowest BCUT2D eigenvalue weighted by Gasteiger charge is -2.42. The molecule has 2 fully saturated rings. The van der Waals surface area contributed by atoms with Crippen molar-refractivity contribution in [3.63, 3.8) is 0 Å². The van der Waals surface area contributed by atoms with Crippen LogP contribution in [0.25, 0.3) is 0 Å². The predicted octanol–water partition coefficient (Wildman–Crippen LogP) is 2.05. The van der Waals surface area contributed by atoms with Gasteiger partial charge in [-0.25, -0.2) is 0 Å². The minimum Gasteiger partial charge on any atom is -0.465 e. The number of hydrogen-bond acceptors (Lipinski definition) is 6. The third kappa shape index (κ3) is 3.13. The number of esters is 2. The molecule has 22 heavy (non-hydrogen) atoms. The SMILES string of the molecule is CCOC(=O)C(C)(C(=O)OCC)[C@H]1CCCC2(C1)OCCO2. The molecule has 0 aromatic heterocycles. The summed E-state index contributed by atoms with van der Waals surface area (Å²) in [5, 5.41) is 0. The van der Waals surface area contributed by atoms with Crippen molar-refractivity contribution in [1.82, 2.24) is 0 Å². The number of carbonyl (C=O) groups excluding carboxylic acids is 2. The molecule has 126 valence electrons. The molecule has 1 heterocycles. The molecule has 1 aliphatic heterocycles. The second-order valence-electron chi connectivity index (χ2n) is 6.04. The van der Waals surface area contributed by atoms with Gasteiger partial charge in [0.2, 0.25) is 0 Å². The maximum absolute atomic E-state index is 12.5. The van der Waals surface area contributed by atoms with Crippen LogP contribution in [0.3, 0.4) is 0 Å². The van der Waals surface area contributed by atoms with E-state index < -0.39 is 23.1 Å². The zero-order valence-corrected chi connectivity index (χ0v) is 13.7. The third-order valence-electron chi connectivity index (χ3n) is 4.70. The Kier molecular flexibility index (Phi) is 5.45. The summed E-state index contributed by atoms with van der Waals surface area (Å²) in [7, 11) is 0. The van der Waals surface area contributed by atoms with Gasteiger partial charge in [0.15, 0.2) is 11.2 Å². The van der Waals surface area contributed by atoms with E-state index in [1.54, 1.807) is 20.8 Å². The molecule has 2 aliphatic rings. The van der Waals surface area contributed by atoms with Gasteiger partial charge in [-0.3, -0.25) is 9.59 Å². The highest BCUT2D eigenvalue weighted by Crippen LogP contribution is 2.47. The molecule has 0 unspecified atom stereocenters. The molecule has 1 atom stereocenters. The largest absolute Gasteiger partial charge is 0.465 e. The molecule has 0 aromatic carbocycles. The van der Waals surface area contributed by atoms with E-state index in [2.05, 4.69) is 0 Å². The fourth-order valence-electron chi connectivity index (χ4n) is 3.43. The molecule has 0 amide bonds. The third-order valence-corrected chi connectivity index (χ3v) is 4.70. The fraction of sp³-hybridized carbons (Fsp3) is 0.875. The lowest BCUT2D eigenvalue weighted by Crippen LogP contribution is -2.50. The van der Waals surface area contributed by atoms with Crippen LogP contribution in [0.4, 0.5) is 0 Å². The van der Waals surface area contributed by atoms with Gasteiger partial charge < -0.3 is 18.9 Å². The van der Waals surface area contributed by atoms with Gasteiger partial charge in [0.05, 0.1) is 26.4 Å². The summed E-state index contributed by atoms with van der Waals surface area (Å²) in [6.45, 7) is 6.67. The smallest absolute Gasteiger partial charge is 0.323 e. The van der Waals surface area contributed by atoms with E-state index >= 15 is 0 Å². The Morgan fingerprint density at radius 2 is 1.68 bits per heavy atom. The monoisotopic (exact) mass is 314 g/mol. The first-order chi connectivity index (χ1) is 10.5. The zero-order valence-electron chi connectivity index (χ0n) is 13.7. The number of ether oxygens (including phenoxy) is 4. The summed E-state index contributed by atoms with van der Waals surface area (Å²) in [6, 6.07) is 0. The van der Waals surface area contributed by atoms with Gasteiger partial charge in [0.1, 0.15) is 0 Å². The number of rotatable bonds is 5. The van der Waals surface area contributed by atoms with Crippen LogP contribution in [-0.4, -0.2) is 44.2 Å². The quantitative estimate of drug-likeness (QED) is 0.571. The van der Waals surface area contributed by atoms with Crippen molar-refractivity contribution < 1.29 is 28.5 Å². The predicted molar refractivity (Wildman–Crippen MR) is 78.0 cm³/mol. The second-order valence-corrected chi connectivity index (χ2v) is 6.04. The van der Waals surface area contributed by atoms with Crippen LogP contribution in [0.1, 0.15) is 46.5 Å². The minimum atomic E-state index is -1.31. The molecular weight excluding hydrogens is 288 g/mol. The average molecular weight is 314 g/mol. The summed E-state index contributed by atoms with van der Waals surface area (Å²) in [6.07, 6.45) is 2.91. The first-order valence-electron chi connectivity index (χ1n) is 8.11. The van der Waals surface area contributed by atoms with Crippen LogP contribution in [0.2, 0.25) is 0 Å². The molecule has 0 N–H and O–H groups in total. The normalized spacial score (nSPS) is 24.2. The van der Waals surface area contributed by atoms with E-state index in [0.29, 0.717) is 19.6 Å². The molecule has 1 spiro atoms. The zero-order chi connectivity index (χ0) is 16.2. The molecule has 0 bridgehead atoms. The maximum atomic E-state index is 12.5. The lowest BCUT2D eigenvalue weighted by molar-refractivity contribution is -0.205. The summed E-state index contributed by atoms with van der Waals surface area (Å²) in [5.74, 6) is -1.90. The molecule has 0 radical (unpaired) electrons. The number of carbonyl (C=O) groups is 2. The summed E-state index contributed by atoms with van der Waals surface area (Å²) < 4.78 is 21.8. The van der Waals surface area contributed by atoms with E-state index in [9.17, 15) is 9.59 Å². The standard InChI is InChI=1S/C16H26O6/c1-4-19-13(17)15(3,14(18)20-5-2)12-7-6-8-16(11-12)21-9-10-22-16/h12H,4-11H2,1-3H3/t12-/m0/s1. The van der Waals surface area contributed by atoms with Crippen LogP contribution in [0.5, 0.6) is 0 Å². The Balaban J connectivity index is 2.23. The molecular formula is C16H26O6. The van der Waals surface area contributed by atoms with Crippen LogP contribution < -0.4 is 0 Å². The van der Waals surface area contributed by atoms with Crippen molar-refractivity contribution in [3.05, 3.63) is 0 Å². The Morgan fingerprint density at radius 1 is 1.14 bits per heavy atom. The van der Waals surface area contributed by atoms with E-state index in [0.717, 1.165) is 19.3 Å². The van der Waals surface area contributed by atoms with Gasteiger partial charge in [-0.2, -0.15) is 0 Å². The van der Waals surface area contributed by atoms with Crippen molar-refractivity contribution in [2.24, 2.45) is 11.3 Å². The summed E-state index contributed by atoms with van der Waals surface area (Å²) in [4.78, 5) is 25.0. The second kappa shape index (κ2) is 6.96. The molecule has 2 rings (SSSR count). The molecule has 1 saturated heterocycles. The summed E-state index contributed by atoms with van der Waals surface area (Å²) in [5.41, 5.74) is -1.31. The van der Waals surface area contributed by atoms with Crippen LogP contribution in [0.15, 0.2) is 0 Å². The highest BCUT2D eigenvalue weighted by molar-refractivity contribution is 6.00.